The number of esters is 1. The molecule has 1 aromatic heterocycles. The van der Waals surface area contributed by atoms with Crippen LogP contribution in [0.1, 0.15) is 24.3 Å². The predicted octanol–water partition coefficient (Wildman–Crippen LogP) is 2.36. The highest BCUT2D eigenvalue weighted by atomic mass is 16.5. The van der Waals surface area contributed by atoms with E-state index >= 15 is 0 Å². The first-order valence-electron chi connectivity index (χ1n) is 6.23. The molecular formula is C15H15NO5. The summed E-state index contributed by atoms with van der Waals surface area (Å²) in [6.45, 7) is 1.32. The van der Waals surface area contributed by atoms with E-state index in [1.807, 2.05) is 0 Å². The summed E-state index contributed by atoms with van der Waals surface area (Å²) >= 11 is 0. The fourth-order valence-corrected chi connectivity index (χ4v) is 1.69. The van der Waals surface area contributed by atoms with E-state index in [-0.39, 0.29) is 0 Å². The van der Waals surface area contributed by atoms with Crippen LogP contribution in [0, 0.1) is 0 Å². The van der Waals surface area contributed by atoms with E-state index in [9.17, 15) is 9.90 Å². The molecule has 1 atom stereocenters. The molecule has 1 heterocycles. The van der Waals surface area contributed by atoms with Crippen LogP contribution in [0.3, 0.4) is 0 Å². The summed E-state index contributed by atoms with van der Waals surface area (Å²) < 4.78 is 14.9. The number of hydrogen-bond acceptors (Lipinski definition) is 6. The minimum atomic E-state index is -0.906. The Bertz CT molecular complexity index is 634. The first kappa shape index (κ1) is 14.8. The van der Waals surface area contributed by atoms with Gasteiger partial charge in [0.05, 0.1) is 7.11 Å². The molecule has 6 heteroatoms. The van der Waals surface area contributed by atoms with Crippen LogP contribution in [0.4, 0.5) is 0 Å². The molecular weight excluding hydrogens is 274 g/mol. The summed E-state index contributed by atoms with van der Waals surface area (Å²) in [4.78, 5) is 11.1. The molecule has 0 saturated carbocycles. The number of carbonyl (C=O) groups is 1. The monoisotopic (exact) mass is 289 g/mol. The number of rotatable bonds is 5. The van der Waals surface area contributed by atoms with Gasteiger partial charge in [-0.05, 0) is 18.2 Å². The van der Waals surface area contributed by atoms with Crippen LogP contribution < -0.4 is 9.47 Å². The predicted molar refractivity (Wildman–Crippen MR) is 74.8 cm³/mol. The Labute approximate surface area is 121 Å². The highest BCUT2D eigenvalue weighted by Crippen LogP contribution is 2.27. The number of carbonyl (C=O) groups excluding carboxylic acids is 1. The molecule has 1 aromatic carbocycles. The molecule has 0 spiro atoms. The Morgan fingerprint density at radius 2 is 2.24 bits per heavy atom. The molecule has 0 saturated heterocycles. The Hall–Kier alpha value is -2.60. The lowest BCUT2D eigenvalue weighted by atomic mass is 10.1. The van der Waals surface area contributed by atoms with Gasteiger partial charge < -0.3 is 19.1 Å². The maximum atomic E-state index is 11.1. The Morgan fingerprint density at radius 3 is 2.86 bits per heavy atom. The van der Waals surface area contributed by atoms with Gasteiger partial charge in [0, 0.05) is 24.6 Å². The van der Waals surface area contributed by atoms with Crippen molar-refractivity contribution in [1.82, 2.24) is 5.16 Å². The van der Waals surface area contributed by atoms with Crippen molar-refractivity contribution in [3.05, 3.63) is 47.9 Å². The topological polar surface area (TPSA) is 81.8 Å². The van der Waals surface area contributed by atoms with Crippen LogP contribution in [-0.4, -0.2) is 23.3 Å². The van der Waals surface area contributed by atoms with Gasteiger partial charge in [0.1, 0.15) is 29.6 Å². The van der Waals surface area contributed by atoms with Crippen LogP contribution in [0.5, 0.6) is 11.5 Å². The summed E-state index contributed by atoms with van der Waals surface area (Å²) in [5.41, 5.74) is 1.03. The van der Waals surface area contributed by atoms with Crippen LogP contribution >= 0.6 is 0 Å². The first-order chi connectivity index (χ1) is 10.1. The molecule has 0 aliphatic carbocycles. The van der Waals surface area contributed by atoms with Gasteiger partial charge in [0.2, 0.25) is 0 Å². The third-order valence-electron chi connectivity index (χ3n) is 2.69. The lowest BCUT2D eigenvalue weighted by Crippen LogP contribution is -2.03. The number of nitrogens with zero attached hydrogens (tertiary/aromatic N) is 1. The van der Waals surface area contributed by atoms with Crippen LogP contribution in [0.2, 0.25) is 0 Å². The highest BCUT2D eigenvalue weighted by molar-refractivity contribution is 5.72. The van der Waals surface area contributed by atoms with Gasteiger partial charge in [-0.3, -0.25) is 4.79 Å². The van der Waals surface area contributed by atoms with E-state index in [0.717, 1.165) is 0 Å². The quantitative estimate of drug-likeness (QED) is 0.672. The molecule has 0 bridgehead atoms. The van der Waals surface area contributed by atoms with Gasteiger partial charge in [0.15, 0.2) is 0 Å². The van der Waals surface area contributed by atoms with Crippen LogP contribution in [0.25, 0.3) is 6.08 Å². The second-order valence-electron chi connectivity index (χ2n) is 4.23. The van der Waals surface area contributed by atoms with Crippen molar-refractivity contribution in [3.63, 3.8) is 0 Å². The molecule has 1 N–H and O–H groups in total. The van der Waals surface area contributed by atoms with Crippen molar-refractivity contribution < 1.29 is 23.9 Å². The van der Waals surface area contributed by atoms with E-state index in [1.54, 1.807) is 30.3 Å². The second kappa shape index (κ2) is 6.71. The molecule has 0 fully saturated rings. The highest BCUT2D eigenvalue weighted by Gasteiger charge is 2.09. The number of aromatic nitrogens is 1. The number of aliphatic hydroxyl groups excluding tert-OH is 1. The fourth-order valence-electron chi connectivity index (χ4n) is 1.69. The van der Waals surface area contributed by atoms with Crippen LogP contribution in [0.15, 0.2) is 41.1 Å². The van der Waals surface area contributed by atoms with Crippen molar-refractivity contribution >= 4 is 12.0 Å². The zero-order valence-electron chi connectivity index (χ0n) is 11.6. The van der Waals surface area contributed by atoms with E-state index in [1.165, 1.54) is 26.4 Å². The van der Waals surface area contributed by atoms with E-state index in [4.69, 9.17) is 9.47 Å². The van der Waals surface area contributed by atoms with Gasteiger partial charge >= 0.3 is 5.97 Å². The molecule has 21 heavy (non-hydrogen) atoms. The maximum Gasteiger partial charge on any atom is 0.308 e. The van der Waals surface area contributed by atoms with Gasteiger partial charge in [-0.2, -0.15) is 0 Å². The Balaban J connectivity index is 2.23. The van der Waals surface area contributed by atoms with Gasteiger partial charge in [-0.25, -0.2) is 0 Å². The van der Waals surface area contributed by atoms with Crippen LogP contribution in [-0.2, 0) is 4.79 Å². The molecule has 2 rings (SSSR count). The first-order valence-corrected chi connectivity index (χ1v) is 6.23. The third-order valence-corrected chi connectivity index (χ3v) is 2.69. The Kier molecular flexibility index (Phi) is 4.73. The minimum absolute atomic E-state index is 0.352. The summed E-state index contributed by atoms with van der Waals surface area (Å²) in [5.74, 6) is 0.487. The lowest BCUT2D eigenvalue weighted by Gasteiger charge is -2.08. The third kappa shape index (κ3) is 3.93. The average molecular weight is 289 g/mol. The van der Waals surface area contributed by atoms with Crippen molar-refractivity contribution in [3.8, 4) is 11.5 Å². The van der Waals surface area contributed by atoms with Gasteiger partial charge in [0.25, 0.3) is 0 Å². The molecule has 0 aliphatic rings. The van der Waals surface area contributed by atoms with Gasteiger partial charge in [-0.1, -0.05) is 11.2 Å². The normalized spacial score (nSPS) is 12.3. The zero-order chi connectivity index (χ0) is 15.2. The molecule has 6 nitrogen and oxygen atoms in total. The second-order valence-corrected chi connectivity index (χ2v) is 4.23. The summed E-state index contributed by atoms with van der Waals surface area (Å²) in [7, 11) is 1.52. The number of methoxy groups -OCH3 is 1. The SMILES string of the molecule is COc1ccc(/C=C/C(O)c2ccon2)c(OC(C)=O)c1. The molecule has 1 unspecified atom stereocenters. The van der Waals surface area contributed by atoms with Crippen molar-refractivity contribution in [2.24, 2.45) is 0 Å². The van der Waals surface area contributed by atoms with Gasteiger partial charge in [-0.15, -0.1) is 0 Å². The lowest BCUT2D eigenvalue weighted by molar-refractivity contribution is -0.131. The minimum Gasteiger partial charge on any atom is -0.497 e. The molecule has 0 amide bonds. The summed E-state index contributed by atoms with van der Waals surface area (Å²) in [6, 6.07) is 6.62. The van der Waals surface area contributed by atoms with E-state index in [0.29, 0.717) is 22.8 Å². The molecule has 0 aliphatic heterocycles. The Morgan fingerprint density at radius 1 is 1.43 bits per heavy atom. The number of aliphatic hydroxyl groups is 1. The molecule has 2 aromatic rings. The molecule has 0 radical (unpaired) electrons. The largest absolute Gasteiger partial charge is 0.497 e. The van der Waals surface area contributed by atoms with E-state index in [2.05, 4.69) is 9.68 Å². The van der Waals surface area contributed by atoms with Crippen molar-refractivity contribution in [2.75, 3.05) is 7.11 Å². The maximum absolute atomic E-state index is 11.1. The standard InChI is InChI=1S/C15H15NO5/c1-10(17)21-15-9-12(19-2)5-3-11(15)4-6-14(18)13-7-8-20-16-13/h3-9,14,18H,1-2H3/b6-4+. The summed E-state index contributed by atoms with van der Waals surface area (Å²) in [5, 5.41) is 13.5. The number of hydrogen-bond donors (Lipinski definition) is 1. The van der Waals surface area contributed by atoms with Crippen molar-refractivity contribution in [2.45, 2.75) is 13.0 Å². The van der Waals surface area contributed by atoms with E-state index < -0.39 is 12.1 Å². The smallest absolute Gasteiger partial charge is 0.308 e. The summed E-state index contributed by atoms with van der Waals surface area (Å²) in [6.07, 6.45) is 3.63. The molecule has 110 valence electrons. The average Bonchev–Trinajstić information content (AvgIpc) is 2.99. The number of benzene rings is 1. The zero-order valence-corrected chi connectivity index (χ0v) is 11.6. The number of ether oxygens (including phenoxy) is 2. The van der Waals surface area contributed by atoms with Crippen molar-refractivity contribution in [1.29, 1.82) is 0 Å². The fraction of sp³-hybridized carbons (Fsp3) is 0.200.